The van der Waals surface area contributed by atoms with E-state index in [1.54, 1.807) is 0 Å². The summed E-state index contributed by atoms with van der Waals surface area (Å²) in [5.74, 6) is 2.07. The average Bonchev–Trinajstić information content (AvgIpc) is 2.74. The van der Waals surface area contributed by atoms with Crippen LogP contribution in [0.25, 0.3) is 0 Å². The molecule has 1 rings (SSSR count). The van der Waals surface area contributed by atoms with Gasteiger partial charge in [-0.1, -0.05) is 47.0 Å². The van der Waals surface area contributed by atoms with Crippen molar-refractivity contribution in [2.45, 2.75) is 59.8 Å². The maximum Gasteiger partial charge on any atom is -0.0297 e. The largest absolute Gasteiger partial charge is 0.0651 e. The zero-order chi connectivity index (χ0) is 9.19. The summed E-state index contributed by atoms with van der Waals surface area (Å²) < 4.78 is 0. The van der Waals surface area contributed by atoms with Gasteiger partial charge in [-0.15, -0.1) is 0 Å². The Morgan fingerprint density at radius 1 is 1.25 bits per heavy atom. The molecular weight excluding hydrogens is 144 g/mol. The molecule has 0 spiro atoms. The highest BCUT2D eigenvalue weighted by atomic mass is 14.5. The second-order valence-corrected chi connectivity index (χ2v) is 4.83. The molecule has 0 aromatic rings. The highest BCUT2D eigenvalue weighted by Gasteiger charge is 2.48. The van der Waals surface area contributed by atoms with Crippen LogP contribution < -0.4 is 0 Å². The van der Waals surface area contributed by atoms with Crippen LogP contribution in [-0.2, 0) is 0 Å². The molecule has 0 aromatic heterocycles. The van der Waals surface area contributed by atoms with E-state index in [0.29, 0.717) is 0 Å². The smallest absolute Gasteiger partial charge is 0.0297 e. The molecule has 2 unspecified atom stereocenters. The summed E-state index contributed by atoms with van der Waals surface area (Å²) >= 11 is 0. The molecule has 0 bridgehead atoms. The first-order valence-corrected chi connectivity index (χ1v) is 5.66. The van der Waals surface area contributed by atoms with Gasteiger partial charge in [-0.3, -0.25) is 0 Å². The van der Waals surface area contributed by atoms with Crippen LogP contribution >= 0.6 is 0 Å². The van der Waals surface area contributed by atoms with E-state index in [9.17, 15) is 0 Å². The second kappa shape index (κ2) is 3.81. The van der Waals surface area contributed by atoms with Gasteiger partial charge in [0.05, 0.1) is 0 Å². The van der Waals surface area contributed by atoms with Gasteiger partial charge in [-0.05, 0) is 30.1 Å². The molecule has 1 aliphatic carbocycles. The third-order valence-corrected chi connectivity index (χ3v) is 4.12. The minimum atomic E-state index is 0.739. The third-order valence-electron chi connectivity index (χ3n) is 4.12. The molecule has 0 saturated heterocycles. The highest BCUT2D eigenvalue weighted by molar-refractivity contribution is 4.98. The maximum absolute atomic E-state index is 2.46. The minimum absolute atomic E-state index is 0.739. The van der Waals surface area contributed by atoms with Crippen molar-refractivity contribution in [2.75, 3.05) is 0 Å². The first-order chi connectivity index (χ1) is 5.66. The molecule has 12 heavy (non-hydrogen) atoms. The van der Waals surface area contributed by atoms with Crippen molar-refractivity contribution in [1.82, 2.24) is 0 Å². The van der Waals surface area contributed by atoms with E-state index < -0.39 is 0 Å². The molecule has 0 amide bonds. The fourth-order valence-corrected chi connectivity index (χ4v) is 2.33. The number of hydrogen-bond acceptors (Lipinski definition) is 0. The van der Waals surface area contributed by atoms with Crippen LogP contribution in [0.4, 0.5) is 0 Å². The summed E-state index contributed by atoms with van der Waals surface area (Å²) in [6.45, 7) is 9.46. The molecular formula is C12H24. The first kappa shape index (κ1) is 10.1. The Morgan fingerprint density at radius 2 is 1.83 bits per heavy atom. The van der Waals surface area contributed by atoms with Crippen LogP contribution in [0.1, 0.15) is 59.8 Å². The van der Waals surface area contributed by atoms with Gasteiger partial charge in [0.25, 0.3) is 0 Å². The van der Waals surface area contributed by atoms with Crippen molar-refractivity contribution in [3.8, 4) is 0 Å². The molecule has 0 heteroatoms. The van der Waals surface area contributed by atoms with E-state index in [1.165, 1.54) is 32.1 Å². The summed E-state index contributed by atoms with van der Waals surface area (Å²) in [6.07, 6.45) is 7.15. The van der Waals surface area contributed by atoms with Gasteiger partial charge < -0.3 is 0 Å². The fourth-order valence-electron chi connectivity index (χ4n) is 2.33. The van der Waals surface area contributed by atoms with Crippen molar-refractivity contribution in [3.63, 3.8) is 0 Å². The Kier molecular flexibility index (Phi) is 3.20. The van der Waals surface area contributed by atoms with Crippen molar-refractivity contribution < 1.29 is 0 Å². The lowest BCUT2D eigenvalue weighted by atomic mass is 9.92. The van der Waals surface area contributed by atoms with Crippen LogP contribution in [0.15, 0.2) is 0 Å². The number of hydrogen-bond donors (Lipinski definition) is 0. The van der Waals surface area contributed by atoms with E-state index in [2.05, 4.69) is 27.7 Å². The van der Waals surface area contributed by atoms with Gasteiger partial charge >= 0.3 is 0 Å². The molecule has 0 nitrogen and oxygen atoms in total. The van der Waals surface area contributed by atoms with Gasteiger partial charge in [-0.25, -0.2) is 0 Å². The Labute approximate surface area is 77.7 Å². The molecule has 0 aliphatic heterocycles. The predicted octanol–water partition coefficient (Wildman–Crippen LogP) is 4.25. The van der Waals surface area contributed by atoms with Crippen LogP contribution in [-0.4, -0.2) is 0 Å². The molecule has 1 fully saturated rings. The lowest BCUT2D eigenvalue weighted by Crippen LogP contribution is -2.02. The Morgan fingerprint density at radius 3 is 2.17 bits per heavy atom. The summed E-state index contributed by atoms with van der Waals surface area (Å²) in [5.41, 5.74) is 0.739. The quantitative estimate of drug-likeness (QED) is 0.575. The van der Waals surface area contributed by atoms with Crippen LogP contribution in [0, 0.1) is 17.3 Å². The monoisotopic (exact) mass is 168 g/mol. The molecule has 0 radical (unpaired) electrons. The van der Waals surface area contributed by atoms with Crippen LogP contribution in [0.2, 0.25) is 0 Å². The zero-order valence-corrected chi connectivity index (χ0v) is 9.19. The summed E-state index contributed by atoms with van der Waals surface area (Å²) in [5, 5.41) is 0. The van der Waals surface area contributed by atoms with Gasteiger partial charge in [0.1, 0.15) is 0 Å². The lowest BCUT2D eigenvalue weighted by molar-refractivity contribution is 0.375. The van der Waals surface area contributed by atoms with Crippen molar-refractivity contribution in [2.24, 2.45) is 17.3 Å². The third kappa shape index (κ3) is 2.02. The number of rotatable bonds is 5. The van der Waals surface area contributed by atoms with E-state index in [4.69, 9.17) is 0 Å². The van der Waals surface area contributed by atoms with Crippen LogP contribution in [0.5, 0.6) is 0 Å². The molecule has 1 saturated carbocycles. The molecule has 0 N–H and O–H groups in total. The van der Waals surface area contributed by atoms with Gasteiger partial charge in [0.2, 0.25) is 0 Å². The topological polar surface area (TPSA) is 0 Å². The Balaban J connectivity index is 2.25. The normalized spacial score (nSPS) is 34.2. The van der Waals surface area contributed by atoms with Crippen molar-refractivity contribution in [3.05, 3.63) is 0 Å². The van der Waals surface area contributed by atoms with Crippen molar-refractivity contribution in [1.29, 1.82) is 0 Å². The molecule has 1 aliphatic rings. The maximum atomic E-state index is 2.46. The van der Waals surface area contributed by atoms with E-state index >= 15 is 0 Å². The zero-order valence-electron chi connectivity index (χ0n) is 9.19. The molecule has 0 aromatic carbocycles. The van der Waals surface area contributed by atoms with Gasteiger partial charge in [-0.2, -0.15) is 0 Å². The van der Waals surface area contributed by atoms with E-state index in [-0.39, 0.29) is 0 Å². The minimum Gasteiger partial charge on any atom is -0.0651 e. The highest BCUT2D eigenvalue weighted by Crippen LogP contribution is 2.57. The van der Waals surface area contributed by atoms with Crippen LogP contribution in [0.3, 0.4) is 0 Å². The summed E-state index contributed by atoms with van der Waals surface area (Å²) in [7, 11) is 0. The average molecular weight is 168 g/mol. The molecule has 72 valence electrons. The molecule has 2 atom stereocenters. The predicted molar refractivity (Wildman–Crippen MR) is 55.2 cm³/mol. The van der Waals surface area contributed by atoms with Gasteiger partial charge in [0, 0.05) is 0 Å². The van der Waals surface area contributed by atoms with Gasteiger partial charge in [0.15, 0.2) is 0 Å². The van der Waals surface area contributed by atoms with Crippen molar-refractivity contribution >= 4 is 0 Å². The first-order valence-electron chi connectivity index (χ1n) is 5.66. The standard InChI is InChI=1S/C12H24/c1-5-10(6-2)8-11-9-12(11,4)7-3/h10-11H,5-9H2,1-4H3. The van der Waals surface area contributed by atoms with E-state index in [1.807, 2.05) is 0 Å². The summed E-state index contributed by atoms with van der Waals surface area (Å²) in [6, 6.07) is 0. The molecule has 0 heterocycles. The fraction of sp³-hybridized carbons (Fsp3) is 1.00. The Hall–Kier alpha value is 0. The van der Waals surface area contributed by atoms with E-state index in [0.717, 1.165) is 17.3 Å². The summed E-state index contributed by atoms with van der Waals surface area (Å²) in [4.78, 5) is 0. The lowest BCUT2D eigenvalue weighted by Gasteiger charge is -2.14. The Bertz CT molecular complexity index is 135. The second-order valence-electron chi connectivity index (χ2n) is 4.83. The SMILES string of the molecule is CCC(CC)CC1CC1(C)CC.